The molecule has 0 saturated heterocycles. The summed E-state index contributed by atoms with van der Waals surface area (Å²) in [5, 5.41) is 11.7. The van der Waals surface area contributed by atoms with Crippen LogP contribution in [0.5, 0.6) is 5.75 Å². The van der Waals surface area contributed by atoms with Crippen LogP contribution in [0.3, 0.4) is 0 Å². The molecule has 0 radical (unpaired) electrons. The van der Waals surface area contributed by atoms with Gasteiger partial charge in [0.05, 0.1) is 32.1 Å². The van der Waals surface area contributed by atoms with Crippen LogP contribution in [0.1, 0.15) is 0 Å². The first kappa shape index (κ1) is 14.9. The summed E-state index contributed by atoms with van der Waals surface area (Å²) in [7, 11) is 0. The van der Waals surface area contributed by atoms with Crippen LogP contribution >= 0.6 is 0 Å². The molecule has 1 heterocycles. The van der Waals surface area contributed by atoms with Gasteiger partial charge >= 0.3 is 0 Å². The molecule has 112 valence electrons. The summed E-state index contributed by atoms with van der Waals surface area (Å²) in [5.74, 6) is 0.848. The minimum atomic E-state index is 0.160. The van der Waals surface area contributed by atoms with Crippen LogP contribution in [0.2, 0.25) is 0 Å². The van der Waals surface area contributed by atoms with Gasteiger partial charge in [0.25, 0.3) is 0 Å². The van der Waals surface area contributed by atoms with E-state index >= 15 is 0 Å². The summed E-state index contributed by atoms with van der Waals surface area (Å²) in [6, 6.07) is 5.74. The lowest BCUT2D eigenvalue weighted by Crippen LogP contribution is -2.35. The highest BCUT2D eigenvalue weighted by Gasteiger charge is 2.17. The van der Waals surface area contributed by atoms with Gasteiger partial charge < -0.3 is 30.5 Å². The van der Waals surface area contributed by atoms with Gasteiger partial charge in [-0.05, 0) is 12.1 Å². The second-order valence-corrected chi connectivity index (χ2v) is 4.65. The smallest absolute Gasteiger partial charge is 0.144 e. The molecule has 0 aromatic heterocycles. The number of aliphatic hydroxyl groups is 1. The first-order valence-electron chi connectivity index (χ1n) is 6.98. The van der Waals surface area contributed by atoms with Gasteiger partial charge in [0.2, 0.25) is 0 Å². The fourth-order valence-electron chi connectivity index (χ4n) is 2.15. The Balaban J connectivity index is 1.72. The molecular weight excluding hydrogens is 258 g/mol. The Hall–Kier alpha value is -1.50. The summed E-state index contributed by atoms with van der Waals surface area (Å²) >= 11 is 0. The van der Waals surface area contributed by atoms with E-state index in [2.05, 4.69) is 10.2 Å². The molecule has 0 atom stereocenters. The number of nitrogens with zero attached hydrogens (tertiary/aromatic N) is 1. The Labute approximate surface area is 119 Å². The van der Waals surface area contributed by atoms with Gasteiger partial charge in [0.1, 0.15) is 12.4 Å². The zero-order chi connectivity index (χ0) is 14.2. The van der Waals surface area contributed by atoms with E-state index in [0.29, 0.717) is 26.4 Å². The van der Waals surface area contributed by atoms with Crippen molar-refractivity contribution >= 4 is 11.4 Å². The minimum absolute atomic E-state index is 0.160. The average molecular weight is 281 g/mol. The Morgan fingerprint density at radius 2 is 2.25 bits per heavy atom. The number of nitrogens with two attached hydrogens (primary N) is 1. The van der Waals surface area contributed by atoms with E-state index < -0.39 is 0 Å². The molecule has 1 aliphatic heterocycles. The first-order chi connectivity index (χ1) is 9.81. The number of benzene rings is 1. The number of hydrogen-bond acceptors (Lipinski definition) is 6. The van der Waals surface area contributed by atoms with Crippen molar-refractivity contribution in [2.24, 2.45) is 0 Å². The summed E-state index contributed by atoms with van der Waals surface area (Å²) in [4.78, 5) is 2.25. The average Bonchev–Trinajstić information content (AvgIpc) is 2.46. The van der Waals surface area contributed by atoms with Gasteiger partial charge in [-0.3, -0.25) is 0 Å². The number of nitrogen functional groups attached to an aromatic ring is 1. The van der Waals surface area contributed by atoms with Crippen LogP contribution in [0.25, 0.3) is 0 Å². The molecule has 0 saturated carbocycles. The van der Waals surface area contributed by atoms with Crippen molar-refractivity contribution in [1.82, 2.24) is 5.32 Å². The quantitative estimate of drug-likeness (QED) is 0.462. The third-order valence-corrected chi connectivity index (χ3v) is 3.16. The number of hydrogen-bond donors (Lipinski definition) is 3. The Morgan fingerprint density at radius 1 is 1.35 bits per heavy atom. The molecule has 6 nitrogen and oxygen atoms in total. The van der Waals surface area contributed by atoms with E-state index in [1.165, 1.54) is 0 Å². The molecule has 1 aromatic carbocycles. The highest BCUT2D eigenvalue weighted by molar-refractivity contribution is 5.65. The predicted octanol–water partition coefficient (Wildman–Crippen LogP) is 0.0661. The summed E-state index contributed by atoms with van der Waals surface area (Å²) in [5.41, 5.74) is 7.55. The zero-order valence-corrected chi connectivity index (χ0v) is 11.7. The molecule has 6 heteroatoms. The number of ether oxygens (including phenoxy) is 2. The second kappa shape index (κ2) is 7.94. The van der Waals surface area contributed by atoms with Crippen molar-refractivity contribution in [2.75, 3.05) is 63.2 Å². The topological polar surface area (TPSA) is 80.0 Å². The molecule has 2 rings (SSSR count). The van der Waals surface area contributed by atoms with Crippen molar-refractivity contribution < 1.29 is 14.6 Å². The van der Waals surface area contributed by atoms with Crippen LogP contribution in [0, 0.1) is 0 Å². The number of rotatable bonds is 8. The predicted molar refractivity (Wildman–Crippen MR) is 79.3 cm³/mol. The van der Waals surface area contributed by atoms with Gasteiger partial charge in [-0.15, -0.1) is 0 Å². The minimum Gasteiger partial charge on any atom is -0.489 e. The lowest BCUT2D eigenvalue weighted by Gasteiger charge is -2.31. The van der Waals surface area contributed by atoms with Crippen LogP contribution in [0.15, 0.2) is 18.2 Å². The van der Waals surface area contributed by atoms with Crippen LogP contribution in [-0.2, 0) is 4.74 Å². The van der Waals surface area contributed by atoms with Crippen LogP contribution < -0.4 is 20.7 Å². The fraction of sp³-hybridized carbons (Fsp3) is 0.571. The van der Waals surface area contributed by atoms with Crippen molar-refractivity contribution in [3.8, 4) is 5.75 Å². The first-order valence-corrected chi connectivity index (χ1v) is 6.98. The summed E-state index contributed by atoms with van der Waals surface area (Å²) in [6.45, 7) is 5.23. The molecule has 0 fully saturated rings. The maximum Gasteiger partial charge on any atom is 0.144 e. The highest BCUT2D eigenvalue weighted by atomic mass is 16.5. The molecular formula is C14H23N3O3. The summed E-state index contributed by atoms with van der Waals surface area (Å²) in [6.07, 6.45) is 0. The van der Waals surface area contributed by atoms with Crippen molar-refractivity contribution in [1.29, 1.82) is 0 Å². The lowest BCUT2D eigenvalue weighted by molar-refractivity contribution is 0.139. The molecule has 4 N–H and O–H groups in total. The molecule has 0 amide bonds. The SMILES string of the molecule is Nc1ccc2c(c1)OCCN2CCOCCNCCO. The zero-order valence-electron chi connectivity index (χ0n) is 11.7. The molecule has 1 aromatic rings. The van der Waals surface area contributed by atoms with E-state index in [1.807, 2.05) is 18.2 Å². The van der Waals surface area contributed by atoms with E-state index in [9.17, 15) is 0 Å². The molecule has 0 spiro atoms. The van der Waals surface area contributed by atoms with Crippen molar-refractivity contribution in [2.45, 2.75) is 0 Å². The Morgan fingerprint density at radius 3 is 3.10 bits per heavy atom. The number of aliphatic hydroxyl groups excluding tert-OH is 1. The molecule has 0 bridgehead atoms. The fourth-order valence-corrected chi connectivity index (χ4v) is 2.15. The molecule has 20 heavy (non-hydrogen) atoms. The van der Waals surface area contributed by atoms with E-state index in [4.69, 9.17) is 20.3 Å². The largest absolute Gasteiger partial charge is 0.489 e. The standard InChI is InChI=1S/C14H23N3O3/c15-12-1-2-13-14(11-12)20-10-6-17(13)5-9-19-8-4-16-3-7-18/h1-2,11,16,18H,3-10,15H2. The van der Waals surface area contributed by atoms with Gasteiger partial charge in [-0.2, -0.15) is 0 Å². The maximum absolute atomic E-state index is 8.62. The van der Waals surface area contributed by atoms with E-state index in [-0.39, 0.29) is 6.61 Å². The monoisotopic (exact) mass is 281 g/mol. The van der Waals surface area contributed by atoms with Gasteiger partial charge in [-0.1, -0.05) is 0 Å². The lowest BCUT2D eigenvalue weighted by atomic mass is 10.2. The third kappa shape index (κ3) is 4.26. The van der Waals surface area contributed by atoms with Crippen molar-refractivity contribution in [3.63, 3.8) is 0 Å². The Kier molecular flexibility index (Phi) is 5.91. The van der Waals surface area contributed by atoms with Gasteiger partial charge in [0.15, 0.2) is 0 Å². The third-order valence-electron chi connectivity index (χ3n) is 3.16. The molecule has 0 unspecified atom stereocenters. The van der Waals surface area contributed by atoms with Crippen molar-refractivity contribution in [3.05, 3.63) is 18.2 Å². The molecule has 1 aliphatic rings. The second-order valence-electron chi connectivity index (χ2n) is 4.65. The number of nitrogens with one attached hydrogen (secondary N) is 1. The Bertz CT molecular complexity index is 415. The van der Waals surface area contributed by atoms with E-state index in [0.717, 1.165) is 36.8 Å². The number of anilines is 2. The van der Waals surface area contributed by atoms with Crippen LogP contribution in [-0.4, -0.2) is 57.7 Å². The maximum atomic E-state index is 8.62. The normalized spacial score (nSPS) is 13.9. The number of fused-ring (bicyclic) bond motifs is 1. The van der Waals surface area contributed by atoms with E-state index in [1.54, 1.807) is 0 Å². The van der Waals surface area contributed by atoms with Gasteiger partial charge in [-0.25, -0.2) is 0 Å². The summed E-state index contributed by atoms with van der Waals surface area (Å²) < 4.78 is 11.2. The highest BCUT2D eigenvalue weighted by Crippen LogP contribution is 2.32. The molecule has 0 aliphatic carbocycles. The van der Waals surface area contributed by atoms with Crippen LogP contribution in [0.4, 0.5) is 11.4 Å². The van der Waals surface area contributed by atoms with Gasteiger partial charge in [0, 0.05) is 31.4 Å².